The number of primary amides is 1. The predicted octanol–water partition coefficient (Wildman–Crippen LogP) is 1.38. The summed E-state index contributed by atoms with van der Waals surface area (Å²) in [5.41, 5.74) is 6.29. The highest BCUT2D eigenvalue weighted by molar-refractivity contribution is 6.09. The van der Waals surface area contributed by atoms with Crippen LogP contribution in [0.25, 0.3) is 0 Å². The van der Waals surface area contributed by atoms with E-state index in [-0.39, 0.29) is 30.1 Å². The van der Waals surface area contributed by atoms with E-state index in [9.17, 15) is 19.2 Å². The van der Waals surface area contributed by atoms with Crippen molar-refractivity contribution in [1.82, 2.24) is 9.55 Å². The van der Waals surface area contributed by atoms with Crippen LogP contribution in [0.5, 0.6) is 0 Å². The van der Waals surface area contributed by atoms with Crippen LogP contribution in [-0.4, -0.2) is 21.2 Å². The van der Waals surface area contributed by atoms with Gasteiger partial charge < -0.3 is 5.73 Å². The Labute approximate surface area is 150 Å². The van der Waals surface area contributed by atoms with Gasteiger partial charge in [0.25, 0.3) is 5.56 Å². The Morgan fingerprint density at radius 2 is 1.69 bits per heavy atom. The molecule has 0 atom stereocenters. The van der Waals surface area contributed by atoms with Crippen molar-refractivity contribution < 1.29 is 9.59 Å². The summed E-state index contributed by atoms with van der Waals surface area (Å²) in [7, 11) is 0. The van der Waals surface area contributed by atoms with E-state index in [0.717, 1.165) is 15.7 Å². The smallest absolute Gasteiger partial charge is 0.328 e. The molecule has 3 N–H and O–H groups in total. The Morgan fingerprint density at radius 1 is 1.12 bits per heavy atom. The van der Waals surface area contributed by atoms with Crippen LogP contribution in [0.2, 0.25) is 0 Å². The van der Waals surface area contributed by atoms with E-state index in [1.165, 1.54) is 0 Å². The number of nitrogens with zero attached hydrogens (tertiary/aromatic N) is 1. The van der Waals surface area contributed by atoms with Crippen molar-refractivity contribution in [2.24, 2.45) is 5.73 Å². The first-order chi connectivity index (χ1) is 12.1. The Morgan fingerprint density at radius 3 is 2.19 bits per heavy atom. The number of ketones is 1. The van der Waals surface area contributed by atoms with Crippen LogP contribution in [0.3, 0.4) is 0 Å². The Hall–Kier alpha value is -2.96. The lowest BCUT2D eigenvalue weighted by Crippen LogP contribution is -2.38. The molecular weight excluding hydrogens is 334 g/mol. The average Bonchev–Trinajstić information content (AvgIpc) is 2.50. The van der Waals surface area contributed by atoms with Crippen molar-refractivity contribution in [2.45, 2.75) is 46.6 Å². The number of amides is 1. The summed E-state index contributed by atoms with van der Waals surface area (Å²) in [6.07, 6.45) is -0.114. The van der Waals surface area contributed by atoms with Gasteiger partial charge in [0.1, 0.15) is 5.69 Å². The van der Waals surface area contributed by atoms with E-state index in [1.54, 1.807) is 26.0 Å². The molecule has 0 radical (unpaired) electrons. The molecule has 7 nitrogen and oxygen atoms in total. The molecule has 7 heteroatoms. The highest BCUT2D eigenvalue weighted by Crippen LogP contribution is 2.20. The third-order valence-corrected chi connectivity index (χ3v) is 4.09. The fourth-order valence-electron chi connectivity index (χ4n) is 3.04. The quantitative estimate of drug-likeness (QED) is 0.760. The first-order valence-corrected chi connectivity index (χ1v) is 8.40. The van der Waals surface area contributed by atoms with Crippen LogP contribution in [0.1, 0.15) is 58.9 Å². The van der Waals surface area contributed by atoms with Crippen molar-refractivity contribution in [3.63, 3.8) is 0 Å². The molecule has 0 saturated heterocycles. The number of nitrogens with one attached hydrogen (secondary N) is 1. The van der Waals surface area contributed by atoms with E-state index < -0.39 is 22.9 Å². The minimum atomic E-state index is -0.728. The maximum atomic E-state index is 13.2. The van der Waals surface area contributed by atoms with Crippen LogP contribution in [-0.2, 0) is 11.3 Å². The second-order valence-corrected chi connectivity index (χ2v) is 6.75. The number of hydrogen-bond acceptors (Lipinski definition) is 4. The molecule has 1 aromatic carbocycles. The van der Waals surface area contributed by atoms with Crippen LogP contribution >= 0.6 is 0 Å². The number of H-pyrrole nitrogens is 1. The zero-order valence-corrected chi connectivity index (χ0v) is 15.4. The van der Waals surface area contributed by atoms with Gasteiger partial charge in [0, 0.05) is 24.1 Å². The first kappa shape index (κ1) is 19.4. The van der Waals surface area contributed by atoms with Gasteiger partial charge in [-0.15, -0.1) is 0 Å². The molecule has 1 amide bonds. The molecule has 138 valence electrons. The summed E-state index contributed by atoms with van der Waals surface area (Å²) in [4.78, 5) is 51.3. The highest BCUT2D eigenvalue weighted by Gasteiger charge is 2.24. The maximum absolute atomic E-state index is 13.2. The molecule has 1 aromatic heterocycles. The summed E-state index contributed by atoms with van der Waals surface area (Å²) in [5.74, 6) is -1.31. The van der Waals surface area contributed by atoms with Gasteiger partial charge >= 0.3 is 5.69 Å². The lowest BCUT2D eigenvalue weighted by atomic mass is 9.95. The third kappa shape index (κ3) is 3.99. The molecule has 0 bridgehead atoms. The number of aromatic nitrogens is 2. The van der Waals surface area contributed by atoms with Gasteiger partial charge in [-0.05, 0) is 31.9 Å². The van der Waals surface area contributed by atoms with E-state index in [2.05, 4.69) is 4.98 Å². The second kappa shape index (κ2) is 7.51. The number of benzene rings is 1. The molecular formula is C19H23N3O4. The van der Waals surface area contributed by atoms with Gasteiger partial charge in [-0.3, -0.25) is 23.9 Å². The van der Waals surface area contributed by atoms with Crippen molar-refractivity contribution in [1.29, 1.82) is 0 Å². The molecule has 0 aliphatic rings. The average molecular weight is 357 g/mol. The monoisotopic (exact) mass is 357 g/mol. The zero-order chi connectivity index (χ0) is 19.6. The summed E-state index contributed by atoms with van der Waals surface area (Å²) in [6.45, 7) is 7.20. The van der Waals surface area contributed by atoms with E-state index in [4.69, 9.17) is 5.73 Å². The number of hydrogen-bond donors (Lipinski definition) is 2. The summed E-state index contributed by atoms with van der Waals surface area (Å²) >= 11 is 0. The zero-order valence-electron chi connectivity index (χ0n) is 15.4. The molecule has 0 aliphatic carbocycles. The summed E-state index contributed by atoms with van der Waals surface area (Å²) < 4.78 is 1.14. The number of carbonyl (C=O) groups excluding carboxylic acids is 2. The van der Waals surface area contributed by atoms with Crippen LogP contribution < -0.4 is 17.0 Å². The van der Waals surface area contributed by atoms with Crippen molar-refractivity contribution >= 4 is 11.7 Å². The van der Waals surface area contributed by atoms with Crippen molar-refractivity contribution in [3.8, 4) is 0 Å². The van der Waals surface area contributed by atoms with Gasteiger partial charge in [0.05, 0.1) is 0 Å². The lowest BCUT2D eigenvalue weighted by Gasteiger charge is -2.17. The van der Waals surface area contributed by atoms with Gasteiger partial charge in [-0.25, -0.2) is 4.79 Å². The van der Waals surface area contributed by atoms with Gasteiger partial charge in [-0.2, -0.15) is 0 Å². The van der Waals surface area contributed by atoms with Gasteiger partial charge in [0.2, 0.25) is 11.7 Å². The molecule has 0 spiro atoms. The standard InChI is InChI=1S/C19H23N3O4/c1-10(2)15-16(17(24)13-8-11(3)7-12(4)9-13)22(6-5-14(20)23)19(26)21-18(15)25/h7-10H,5-6H2,1-4H3,(H2,20,23)(H,21,25,26). The normalized spacial score (nSPS) is 11.0. The van der Waals surface area contributed by atoms with E-state index in [0.29, 0.717) is 5.56 Å². The third-order valence-electron chi connectivity index (χ3n) is 4.09. The molecule has 0 fully saturated rings. The number of aromatic amines is 1. The second-order valence-electron chi connectivity index (χ2n) is 6.75. The number of aryl methyl sites for hydroxylation is 2. The number of nitrogens with two attached hydrogens (primary N) is 1. The molecule has 0 unspecified atom stereocenters. The molecule has 2 aromatic rings. The predicted molar refractivity (Wildman–Crippen MR) is 98.6 cm³/mol. The molecule has 0 aliphatic heterocycles. The minimum Gasteiger partial charge on any atom is -0.370 e. The van der Waals surface area contributed by atoms with Crippen molar-refractivity contribution in [2.75, 3.05) is 0 Å². The fourth-order valence-corrected chi connectivity index (χ4v) is 3.04. The first-order valence-electron chi connectivity index (χ1n) is 8.40. The largest absolute Gasteiger partial charge is 0.370 e. The minimum absolute atomic E-state index is 0.0139. The van der Waals surface area contributed by atoms with Crippen molar-refractivity contribution in [3.05, 3.63) is 67.0 Å². The van der Waals surface area contributed by atoms with Gasteiger partial charge in [-0.1, -0.05) is 31.0 Å². The molecule has 26 heavy (non-hydrogen) atoms. The molecule has 1 heterocycles. The molecule has 0 saturated carbocycles. The SMILES string of the molecule is Cc1cc(C)cc(C(=O)c2c(C(C)C)c(=O)[nH]c(=O)n2CCC(N)=O)c1. The lowest BCUT2D eigenvalue weighted by molar-refractivity contribution is -0.118. The molecule has 2 rings (SSSR count). The number of carbonyl (C=O) groups is 2. The van der Waals surface area contributed by atoms with Crippen LogP contribution in [0.4, 0.5) is 0 Å². The Balaban J connectivity index is 2.77. The van der Waals surface area contributed by atoms with Gasteiger partial charge in [0.15, 0.2) is 0 Å². The van der Waals surface area contributed by atoms with E-state index >= 15 is 0 Å². The fraction of sp³-hybridized carbons (Fsp3) is 0.368. The Bertz CT molecular complexity index is 963. The highest BCUT2D eigenvalue weighted by atomic mass is 16.2. The van der Waals surface area contributed by atoms with Crippen LogP contribution in [0, 0.1) is 13.8 Å². The maximum Gasteiger partial charge on any atom is 0.328 e. The summed E-state index contributed by atoms with van der Waals surface area (Å²) in [6, 6.07) is 5.35. The summed E-state index contributed by atoms with van der Waals surface area (Å²) in [5, 5.41) is 0. The topological polar surface area (TPSA) is 115 Å². The van der Waals surface area contributed by atoms with E-state index in [1.807, 2.05) is 19.9 Å². The van der Waals surface area contributed by atoms with Crippen LogP contribution in [0.15, 0.2) is 27.8 Å². The Kier molecular flexibility index (Phi) is 5.59. The number of rotatable bonds is 6.